The number of benzene rings is 1. The Morgan fingerprint density at radius 3 is 2.59 bits per heavy atom. The molecular weight excluding hydrogens is 310 g/mol. The fraction of sp³-hybridized carbons (Fsp3) is 0.385. The molecule has 0 spiro atoms. The SMILES string of the molecule is NC(=O)Cn1c(=O)oc2cc(S(=O)(=O)N3CCCC3)ccc21. The monoisotopic (exact) mass is 325 g/mol. The summed E-state index contributed by atoms with van der Waals surface area (Å²) in [5.41, 5.74) is 5.54. The number of amides is 1. The zero-order chi connectivity index (χ0) is 15.9. The van der Waals surface area contributed by atoms with Gasteiger partial charge in [-0.2, -0.15) is 4.31 Å². The Morgan fingerprint density at radius 1 is 1.27 bits per heavy atom. The molecule has 1 aliphatic rings. The average Bonchev–Trinajstić information content (AvgIpc) is 3.07. The van der Waals surface area contributed by atoms with E-state index in [0.717, 1.165) is 17.4 Å². The molecule has 0 bridgehead atoms. The number of rotatable bonds is 4. The van der Waals surface area contributed by atoms with Gasteiger partial charge in [0.05, 0.1) is 10.4 Å². The first-order valence-electron chi connectivity index (χ1n) is 6.81. The van der Waals surface area contributed by atoms with Crippen LogP contribution in [-0.4, -0.2) is 36.3 Å². The first-order valence-corrected chi connectivity index (χ1v) is 8.25. The Bertz CT molecular complexity index is 890. The number of hydrogen-bond acceptors (Lipinski definition) is 5. The largest absolute Gasteiger partial charge is 0.420 e. The van der Waals surface area contributed by atoms with Crippen LogP contribution >= 0.6 is 0 Å². The highest BCUT2D eigenvalue weighted by atomic mass is 32.2. The Morgan fingerprint density at radius 2 is 1.95 bits per heavy atom. The molecule has 1 saturated heterocycles. The van der Waals surface area contributed by atoms with E-state index in [2.05, 4.69) is 0 Å². The van der Waals surface area contributed by atoms with Crippen molar-refractivity contribution in [1.82, 2.24) is 8.87 Å². The molecule has 0 atom stereocenters. The molecule has 1 fully saturated rings. The number of nitrogens with zero attached hydrogens (tertiary/aromatic N) is 2. The molecule has 3 rings (SSSR count). The lowest BCUT2D eigenvalue weighted by Crippen LogP contribution is -2.27. The maximum Gasteiger partial charge on any atom is 0.420 e. The van der Waals surface area contributed by atoms with E-state index < -0.39 is 21.7 Å². The van der Waals surface area contributed by atoms with Crippen LogP contribution in [0.15, 0.2) is 32.3 Å². The molecule has 1 aliphatic heterocycles. The Hall–Kier alpha value is -2.13. The number of oxazole rings is 1. The van der Waals surface area contributed by atoms with Gasteiger partial charge in [-0.05, 0) is 25.0 Å². The second-order valence-corrected chi connectivity index (χ2v) is 7.10. The third-order valence-corrected chi connectivity index (χ3v) is 5.55. The van der Waals surface area contributed by atoms with Crippen LogP contribution in [0.2, 0.25) is 0 Å². The van der Waals surface area contributed by atoms with Gasteiger partial charge in [-0.25, -0.2) is 13.2 Å². The molecular formula is C13H15N3O5S. The van der Waals surface area contributed by atoms with E-state index in [1.54, 1.807) is 0 Å². The molecule has 1 aromatic carbocycles. The predicted octanol–water partition coefficient (Wildman–Crippen LogP) is -0.136. The number of nitrogens with two attached hydrogens (primary N) is 1. The summed E-state index contributed by atoms with van der Waals surface area (Å²) in [4.78, 5) is 22.8. The van der Waals surface area contributed by atoms with Crippen LogP contribution < -0.4 is 11.5 Å². The maximum absolute atomic E-state index is 12.5. The molecule has 2 aromatic rings. The number of sulfonamides is 1. The Kier molecular flexibility index (Phi) is 3.53. The minimum absolute atomic E-state index is 0.0712. The number of carbonyl (C=O) groups is 1. The summed E-state index contributed by atoms with van der Waals surface area (Å²) in [7, 11) is -3.59. The molecule has 1 amide bonds. The predicted molar refractivity (Wildman–Crippen MR) is 77.7 cm³/mol. The number of primary amides is 1. The van der Waals surface area contributed by atoms with Crippen LogP contribution in [0.3, 0.4) is 0 Å². The second-order valence-electron chi connectivity index (χ2n) is 5.16. The molecule has 9 heteroatoms. The topological polar surface area (TPSA) is 116 Å². The van der Waals surface area contributed by atoms with Gasteiger partial charge in [-0.1, -0.05) is 0 Å². The third-order valence-electron chi connectivity index (χ3n) is 3.66. The van der Waals surface area contributed by atoms with E-state index in [9.17, 15) is 18.0 Å². The highest BCUT2D eigenvalue weighted by Crippen LogP contribution is 2.24. The van der Waals surface area contributed by atoms with Crippen LogP contribution in [0.5, 0.6) is 0 Å². The lowest BCUT2D eigenvalue weighted by Gasteiger charge is -2.15. The second kappa shape index (κ2) is 5.25. The molecule has 118 valence electrons. The summed E-state index contributed by atoms with van der Waals surface area (Å²) < 4.78 is 32.4. The first-order chi connectivity index (χ1) is 10.4. The smallest absolute Gasteiger partial charge is 0.408 e. The van der Waals surface area contributed by atoms with Crippen molar-refractivity contribution in [2.75, 3.05) is 13.1 Å². The lowest BCUT2D eigenvalue weighted by atomic mass is 10.3. The lowest BCUT2D eigenvalue weighted by molar-refractivity contribution is -0.118. The summed E-state index contributed by atoms with van der Waals surface area (Å²) >= 11 is 0. The molecule has 0 radical (unpaired) electrons. The number of fused-ring (bicyclic) bond motifs is 1. The van der Waals surface area contributed by atoms with Gasteiger partial charge in [0.1, 0.15) is 6.54 Å². The average molecular weight is 325 g/mol. The molecule has 22 heavy (non-hydrogen) atoms. The van der Waals surface area contributed by atoms with Crippen molar-refractivity contribution in [1.29, 1.82) is 0 Å². The van der Waals surface area contributed by atoms with Gasteiger partial charge in [0.25, 0.3) is 0 Å². The molecule has 2 N–H and O–H groups in total. The number of aromatic nitrogens is 1. The van der Waals surface area contributed by atoms with Crippen molar-refractivity contribution in [2.45, 2.75) is 24.3 Å². The molecule has 1 aromatic heterocycles. The van der Waals surface area contributed by atoms with Gasteiger partial charge >= 0.3 is 5.76 Å². The van der Waals surface area contributed by atoms with E-state index in [4.69, 9.17) is 10.2 Å². The van der Waals surface area contributed by atoms with Gasteiger partial charge in [0.15, 0.2) is 5.58 Å². The minimum atomic E-state index is -3.59. The molecule has 0 aliphatic carbocycles. The minimum Gasteiger partial charge on any atom is -0.408 e. The Labute approximate surface area is 126 Å². The normalized spacial score (nSPS) is 16.4. The van der Waals surface area contributed by atoms with Gasteiger partial charge < -0.3 is 10.2 Å². The van der Waals surface area contributed by atoms with Crippen LogP contribution in [0.4, 0.5) is 0 Å². The van der Waals surface area contributed by atoms with Crippen molar-refractivity contribution in [2.24, 2.45) is 5.73 Å². The van der Waals surface area contributed by atoms with Gasteiger partial charge in [-0.3, -0.25) is 9.36 Å². The van der Waals surface area contributed by atoms with Crippen molar-refractivity contribution < 1.29 is 17.6 Å². The van der Waals surface area contributed by atoms with Crippen LogP contribution in [0.25, 0.3) is 11.1 Å². The first kappa shape index (κ1) is 14.8. The summed E-state index contributed by atoms with van der Waals surface area (Å²) in [6.45, 7) is 0.671. The molecule has 0 unspecified atom stereocenters. The van der Waals surface area contributed by atoms with Gasteiger partial charge in [0, 0.05) is 19.2 Å². The number of carbonyl (C=O) groups excluding carboxylic acids is 1. The van der Waals surface area contributed by atoms with E-state index >= 15 is 0 Å². The zero-order valence-electron chi connectivity index (χ0n) is 11.7. The van der Waals surface area contributed by atoms with Gasteiger partial charge in [0.2, 0.25) is 15.9 Å². The third kappa shape index (κ3) is 2.42. The van der Waals surface area contributed by atoms with Crippen molar-refractivity contribution >= 4 is 27.0 Å². The summed E-state index contributed by atoms with van der Waals surface area (Å²) in [6, 6.07) is 4.16. The van der Waals surface area contributed by atoms with Crippen LogP contribution in [0.1, 0.15) is 12.8 Å². The number of hydrogen-bond donors (Lipinski definition) is 1. The fourth-order valence-electron chi connectivity index (χ4n) is 2.59. The summed E-state index contributed by atoms with van der Waals surface area (Å²) in [6.07, 6.45) is 1.68. The van der Waals surface area contributed by atoms with E-state index in [-0.39, 0.29) is 17.0 Å². The Balaban J connectivity index is 2.07. The molecule has 2 heterocycles. The van der Waals surface area contributed by atoms with Crippen molar-refractivity contribution in [3.63, 3.8) is 0 Å². The molecule has 0 saturated carbocycles. The standard InChI is InChI=1S/C13H15N3O5S/c14-12(17)8-16-10-4-3-9(7-11(10)21-13(16)18)22(19,20)15-5-1-2-6-15/h3-4,7H,1-2,5-6,8H2,(H2,14,17). The molecule has 8 nitrogen and oxygen atoms in total. The fourth-order valence-corrected chi connectivity index (χ4v) is 4.12. The quantitative estimate of drug-likeness (QED) is 0.840. The van der Waals surface area contributed by atoms with Crippen LogP contribution in [0, 0.1) is 0 Å². The van der Waals surface area contributed by atoms with E-state index in [1.807, 2.05) is 0 Å². The van der Waals surface area contributed by atoms with Crippen molar-refractivity contribution in [3.8, 4) is 0 Å². The summed E-state index contributed by atoms with van der Waals surface area (Å²) in [5.74, 6) is -1.43. The highest BCUT2D eigenvalue weighted by Gasteiger charge is 2.28. The maximum atomic E-state index is 12.5. The van der Waals surface area contributed by atoms with Crippen molar-refractivity contribution in [3.05, 3.63) is 28.7 Å². The zero-order valence-corrected chi connectivity index (χ0v) is 12.5. The van der Waals surface area contributed by atoms with E-state index in [0.29, 0.717) is 18.6 Å². The van der Waals surface area contributed by atoms with Crippen LogP contribution in [-0.2, 0) is 21.4 Å². The van der Waals surface area contributed by atoms with Gasteiger partial charge in [-0.15, -0.1) is 0 Å². The summed E-state index contributed by atoms with van der Waals surface area (Å²) in [5, 5.41) is 0. The van der Waals surface area contributed by atoms with E-state index in [1.165, 1.54) is 22.5 Å². The highest BCUT2D eigenvalue weighted by molar-refractivity contribution is 7.89.